The van der Waals surface area contributed by atoms with E-state index in [0.717, 1.165) is 16.9 Å². The number of carbonyl (C=O) groups is 2. The van der Waals surface area contributed by atoms with Crippen molar-refractivity contribution in [2.45, 2.75) is 13.2 Å². The molecule has 0 aliphatic rings. The third-order valence-electron chi connectivity index (χ3n) is 3.60. The Morgan fingerprint density at radius 2 is 1.93 bits per heavy atom. The fourth-order valence-corrected chi connectivity index (χ4v) is 3.14. The van der Waals surface area contributed by atoms with Crippen molar-refractivity contribution in [2.24, 2.45) is 0 Å². The summed E-state index contributed by atoms with van der Waals surface area (Å²) in [5.41, 5.74) is 1.33. The number of hydrogen-bond donors (Lipinski definition) is 2. The van der Waals surface area contributed by atoms with Gasteiger partial charge in [-0.15, -0.1) is 10.2 Å². The van der Waals surface area contributed by atoms with Crippen LogP contribution in [0.15, 0.2) is 48.5 Å². The second-order valence-corrected chi connectivity index (χ2v) is 7.36. The molecule has 2 N–H and O–H groups in total. The quantitative estimate of drug-likeness (QED) is 0.566. The van der Waals surface area contributed by atoms with E-state index >= 15 is 0 Å². The molecule has 10 heteroatoms. The SMILES string of the molecule is O=C(COCc1nnc(C(=O)Nc2ccc(F)cc2)s1)NCc1cccc(Cl)c1. The first-order chi connectivity index (χ1) is 14.0. The molecule has 0 saturated carbocycles. The number of nitrogens with one attached hydrogen (secondary N) is 2. The number of anilines is 1. The van der Waals surface area contributed by atoms with E-state index in [2.05, 4.69) is 20.8 Å². The smallest absolute Gasteiger partial charge is 0.286 e. The molecule has 0 bridgehead atoms. The molecule has 1 aromatic heterocycles. The van der Waals surface area contributed by atoms with E-state index in [4.69, 9.17) is 16.3 Å². The number of nitrogens with zero attached hydrogens (tertiary/aromatic N) is 2. The molecule has 0 unspecified atom stereocenters. The van der Waals surface area contributed by atoms with E-state index in [9.17, 15) is 14.0 Å². The molecule has 2 amide bonds. The molecule has 0 fully saturated rings. The highest BCUT2D eigenvalue weighted by molar-refractivity contribution is 7.13. The van der Waals surface area contributed by atoms with E-state index < -0.39 is 11.7 Å². The van der Waals surface area contributed by atoms with Crippen molar-refractivity contribution in [3.8, 4) is 0 Å². The Balaban J connectivity index is 1.41. The van der Waals surface area contributed by atoms with Gasteiger partial charge in [0.1, 0.15) is 24.0 Å². The second kappa shape index (κ2) is 10.1. The third-order valence-corrected chi connectivity index (χ3v) is 4.73. The number of amides is 2. The lowest BCUT2D eigenvalue weighted by molar-refractivity contribution is -0.126. The van der Waals surface area contributed by atoms with Crippen LogP contribution in [0.4, 0.5) is 10.1 Å². The van der Waals surface area contributed by atoms with Gasteiger partial charge in [0, 0.05) is 17.3 Å². The lowest BCUT2D eigenvalue weighted by Gasteiger charge is -2.06. The number of hydrogen-bond acceptors (Lipinski definition) is 6. The Bertz CT molecular complexity index is 997. The lowest BCUT2D eigenvalue weighted by Crippen LogP contribution is -2.27. The minimum Gasteiger partial charge on any atom is -0.364 e. The maximum Gasteiger partial charge on any atom is 0.286 e. The Morgan fingerprint density at radius 1 is 1.14 bits per heavy atom. The number of carbonyl (C=O) groups excluding carboxylic acids is 2. The molecule has 7 nitrogen and oxygen atoms in total. The standard InChI is InChI=1S/C19H16ClFN4O3S/c20-13-3-1-2-12(8-13)9-22-16(26)10-28-11-17-24-25-19(29-17)18(27)23-15-6-4-14(21)5-7-15/h1-8H,9-11H2,(H,22,26)(H,23,27). The van der Waals surface area contributed by atoms with Gasteiger partial charge in [0.15, 0.2) is 0 Å². The summed E-state index contributed by atoms with van der Waals surface area (Å²) in [6, 6.07) is 12.6. The zero-order valence-electron chi connectivity index (χ0n) is 15.0. The summed E-state index contributed by atoms with van der Waals surface area (Å²) < 4.78 is 18.2. The van der Waals surface area contributed by atoms with Gasteiger partial charge in [-0.2, -0.15) is 0 Å². The van der Waals surface area contributed by atoms with Crippen LogP contribution in [-0.4, -0.2) is 28.6 Å². The summed E-state index contributed by atoms with van der Waals surface area (Å²) >= 11 is 6.94. The molecule has 0 spiro atoms. The van der Waals surface area contributed by atoms with Gasteiger partial charge in [-0.25, -0.2) is 4.39 Å². The minimum atomic E-state index is -0.459. The predicted molar refractivity (Wildman–Crippen MR) is 107 cm³/mol. The average molecular weight is 435 g/mol. The van der Waals surface area contributed by atoms with Gasteiger partial charge in [0.25, 0.3) is 5.91 Å². The van der Waals surface area contributed by atoms with Gasteiger partial charge in [-0.1, -0.05) is 35.1 Å². The topological polar surface area (TPSA) is 93.2 Å². The van der Waals surface area contributed by atoms with Crippen molar-refractivity contribution in [3.63, 3.8) is 0 Å². The van der Waals surface area contributed by atoms with Crippen molar-refractivity contribution in [1.82, 2.24) is 15.5 Å². The van der Waals surface area contributed by atoms with Crippen LogP contribution in [0.5, 0.6) is 0 Å². The highest BCUT2D eigenvalue weighted by Crippen LogP contribution is 2.15. The highest BCUT2D eigenvalue weighted by Gasteiger charge is 2.13. The zero-order chi connectivity index (χ0) is 20.6. The molecule has 0 saturated heterocycles. The molecule has 0 atom stereocenters. The summed E-state index contributed by atoms with van der Waals surface area (Å²) in [6.45, 7) is 0.235. The monoisotopic (exact) mass is 434 g/mol. The van der Waals surface area contributed by atoms with Crippen molar-refractivity contribution in [3.05, 3.63) is 74.9 Å². The first-order valence-corrected chi connectivity index (χ1v) is 9.67. The first kappa shape index (κ1) is 20.8. The molecule has 3 rings (SSSR count). The molecule has 0 aliphatic carbocycles. The fourth-order valence-electron chi connectivity index (χ4n) is 2.25. The Kier molecular flexibility index (Phi) is 7.23. The Labute approximate surface area is 174 Å². The Hall–Kier alpha value is -2.88. The molecule has 2 aromatic carbocycles. The van der Waals surface area contributed by atoms with E-state index in [-0.39, 0.29) is 24.1 Å². The minimum absolute atomic E-state index is 0.0477. The normalized spacial score (nSPS) is 10.6. The predicted octanol–water partition coefficient (Wildman–Crippen LogP) is 3.42. The van der Waals surface area contributed by atoms with Crippen molar-refractivity contribution in [1.29, 1.82) is 0 Å². The first-order valence-electron chi connectivity index (χ1n) is 8.48. The van der Waals surface area contributed by atoms with Crippen LogP contribution in [0.3, 0.4) is 0 Å². The molecular weight excluding hydrogens is 419 g/mol. The molecule has 0 radical (unpaired) electrons. The van der Waals surface area contributed by atoms with Crippen LogP contribution in [0, 0.1) is 5.82 Å². The van der Waals surface area contributed by atoms with Crippen molar-refractivity contribution >= 4 is 40.4 Å². The van der Waals surface area contributed by atoms with E-state index in [1.165, 1.54) is 24.3 Å². The highest BCUT2D eigenvalue weighted by atomic mass is 35.5. The van der Waals surface area contributed by atoms with Crippen LogP contribution in [-0.2, 0) is 22.7 Å². The van der Waals surface area contributed by atoms with E-state index in [1.807, 2.05) is 6.07 Å². The van der Waals surface area contributed by atoms with Gasteiger partial charge in [-0.3, -0.25) is 9.59 Å². The van der Waals surface area contributed by atoms with Crippen molar-refractivity contribution < 1.29 is 18.7 Å². The fraction of sp³-hybridized carbons (Fsp3) is 0.158. The summed E-state index contributed by atoms with van der Waals surface area (Å²) in [6.07, 6.45) is 0. The number of benzene rings is 2. The largest absolute Gasteiger partial charge is 0.364 e. The van der Waals surface area contributed by atoms with Gasteiger partial charge in [-0.05, 0) is 42.0 Å². The van der Waals surface area contributed by atoms with Crippen LogP contribution in [0.2, 0.25) is 5.02 Å². The molecular formula is C19H16ClFN4O3S. The number of ether oxygens (including phenoxy) is 1. The van der Waals surface area contributed by atoms with Crippen molar-refractivity contribution in [2.75, 3.05) is 11.9 Å². The molecule has 150 valence electrons. The second-order valence-electron chi connectivity index (χ2n) is 5.86. The van der Waals surface area contributed by atoms with Gasteiger partial charge < -0.3 is 15.4 Å². The number of halogens is 2. The summed E-state index contributed by atoms with van der Waals surface area (Å²) in [5, 5.41) is 14.2. The summed E-state index contributed by atoms with van der Waals surface area (Å²) in [7, 11) is 0. The van der Waals surface area contributed by atoms with Crippen LogP contribution < -0.4 is 10.6 Å². The van der Waals surface area contributed by atoms with E-state index in [1.54, 1.807) is 18.2 Å². The summed E-state index contributed by atoms with van der Waals surface area (Å²) in [5.74, 6) is -1.14. The number of aromatic nitrogens is 2. The maximum absolute atomic E-state index is 12.9. The van der Waals surface area contributed by atoms with Gasteiger partial charge >= 0.3 is 0 Å². The van der Waals surface area contributed by atoms with Crippen LogP contribution in [0.25, 0.3) is 0 Å². The maximum atomic E-state index is 12.9. The van der Waals surface area contributed by atoms with Crippen LogP contribution in [0.1, 0.15) is 20.4 Å². The lowest BCUT2D eigenvalue weighted by atomic mass is 10.2. The molecule has 0 aliphatic heterocycles. The zero-order valence-corrected chi connectivity index (χ0v) is 16.6. The Morgan fingerprint density at radius 3 is 2.69 bits per heavy atom. The molecule has 29 heavy (non-hydrogen) atoms. The van der Waals surface area contributed by atoms with Gasteiger partial charge in [0.2, 0.25) is 10.9 Å². The number of rotatable bonds is 8. The average Bonchev–Trinajstić information content (AvgIpc) is 3.17. The molecule has 1 heterocycles. The van der Waals surface area contributed by atoms with E-state index in [0.29, 0.717) is 22.3 Å². The third kappa shape index (κ3) is 6.60. The summed E-state index contributed by atoms with van der Waals surface area (Å²) in [4.78, 5) is 24.0. The van der Waals surface area contributed by atoms with Crippen LogP contribution >= 0.6 is 22.9 Å². The van der Waals surface area contributed by atoms with Gasteiger partial charge in [0.05, 0.1) is 0 Å². The molecule has 3 aromatic rings.